The topological polar surface area (TPSA) is 57.5 Å². The van der Waals surface area contributed by atoms with E-state index in [4.69, 9.17) is 5.11 Å². The molecule has 1 heterocycles. The molecular formula is C11H16O3S. The van der Waals surface area contributed by atoms with Crippen LogP contribution in [0.25, 0.3) is 0 Å². The standard InChI is InChI=1S/C11H16O3S/c1-4-11(14,7(2)3)9-8(10(12)13)5-6-15-9/h5-7,14H,4H2,1-3H3,(H,12,13). The normalized spacial score (nSPS) is 15.3. The SMILES string of the molecule is CCC(O)(c1sccc1C(=O)O)C(C)C. The highest BCUT2D eigenvalue weighted by Gasteiger charge is 2.35. The summed E-state index contributed by atoms with van der Waals surface area (Å²) in [6.45, 7) is 5.66. The number of carboxylic acids is 1. The highest BCUT2D eigenvalue weighted by Crippen LogP contribution is 2.38. The van der Waals surface area contributed by atoms with Crippen molar-refractivity contribution in [2.24, 2.45) is 5.92 Å². The molecule has 1 unspecified atom stereocenters. The molecule has 0 aliphatic rings. The molecule has 0 aromatic carbocycles. The van der Waals surface area contributed by atoms with Gasteiger partial charge in [0.15, 0.2) is 0 Å². The summed E-state index contributed by atoms with van der Waals surface area (Å²) in [5.74, 6) is -0.974. The van der Waals surface area contributed by atoms with Crippen molar-refractivity contribution >= 4 is 17.3 Å². The Morgan fingerprint density at radius 1 is 1.60 bits per heavy atom. The molecule has 0 aliphatic carbocycles. The van der Waals surface area contributed by atoms with E-state index in [2.05, 4.69) is 0 Å². The lowest BCUT2D eigenvalue weighted by atomic mass is 9.84. The Balaban J connectivity index is 3.24. The maximum Gasteiger partial charge on any atom is 0.336 e. The summed E-state index contributed by atoms with van der Waals surface area (Å²) in [4.78, 5) is 11.5. The van der Waals surface area contributed by atoms with Crippen molar-refractivity contribution in [2.75, 3.05) is 0 Å². The molecule has 1 aromatic heterocycles. The van der Waals surface area contributed by atoms with Crippen LogP contribution < -0.4 is 0 Å². The molecule has 0 saturated heterocycles. The molecule has 1 atom stereocenters. The number of carbonyl (C=O) groups is 1. The highest BCUT2D eigenvalue weighted by atomic mass is 32.1. The quantitative estimate of drug-likeness (QED) is 0.833. The lowest BCUT2D eigenvalue weighted by Gasteiger charge is -2.30. The van der Waals surface area contributed by atoms with E-state index in [1.807, 2.05) is 20.8 Å². The van der Waals surface area contributed by atoms with Gasteiger partial charge in [-0.1, -0.05) is 20.8 Å². The summed E-state index contributed by atoms with van der Waals surface area (Å²) < 4.78 is 0. The molecule has 0 fully saturated rings. The number of hydrogen-bond acceptors (Lipinski definition) is 3. The molecule has 2 N–H and O–H groups in total. The Bertz CT molecular complexity index is 356. The summed E-state index contributed by atoms with van der Waals surface area (Å²) in [5, 5.41) is 21.1. The average Bonchev–Trinajstić information content (AvgIpc) is 2.64. The summed E-state index contributed by atoms with van der Waals surface area (Å²) in [7, 11) is 0. The smallest absolute Gasteiger partial charge is 0.336 e. The molecule has 0 aliphatic heterocycles. The zero-order valence-corrected chi connectivity index (χ0v) is 9.97. The Morgan fingerprint density at radius 3 is 2.60 bits per heavy atom. The summed E-state index contributed by atoms with van der Waals surface area (Å²) >= 11 is 1.31. The summed E-state index contributed by atoms with van der Waals surface area (Å²) in [6, 6.07) is 1.55. The zero-order valence-electron chi connectivity index (χ0n) is 9.15. The molecule has 0 amide bonds. The molecule has 1 aromatic rings. The van der Waals surface area contributed by atoms with Crippen molar-refractivity contribution in [2.45, 2.75) is 32.8 Å². The van der Waals surface area contributed by atoms with Crippen molar-refractivity contribution in [3.8, 4) is 0 Å². The molecule has 0 bridgehead atoms. The van der Waals surface area contributed by atoms with Gasteiger partial charge in [-0.25, -0.2) is 4.79 Å². The van der Waals surface area contributed by atoms with Crippen LogP contribution in [0, 0.1) is 5.92 Å². The van der Waals surface area contributed by atoms with Crippen LogP contribution in [0.5, 0.6) is 0 Å². The molecule has 15 heavy (non-hydrogen) atoms. The van der Waals surface area contributed by atoms with E-state index in [1.165, 1.54) is 11.3 Å². The largest absolute Gasteiger partial charge is 0.478 e. The first kappa shape index (κ1) is 12.2. The Hall–Kier alpha value is -0.870. The van der Waals surface area contributed by atoms with Crippen LogP contribution in [0.1, 0.15) is 42.4 Å². The van der Waals surface area contributed by atoms with Gasteiger partial charge in [0.2, 0.25) is 0 Å². The number of hydrogen-bond donors (Lipinski definition) is 2. The van der Waals surface area contributed by atoms with Crippen LogP contribution in [0.2, 0.25) is 0 Å². The molecule has 3 nitrogen and oxygen atoms in total. The number of aromatic carboxylic acids is 1. The minimum atomic E-state index is -1.03. The molecule has 0 spiro atoms. The predicted octanol–water partition coefficient (Wildman–Crippen LogP) is 2.70. The molecule has 0 radical (unpaired) electrons. The van der Waals surface area contributed by atoms with Crippen LogP contribution >= 0.6 is 11.3 Å². The van der Waals surface area contributed by atoms with E-state index in [0.717, 1.165) is 0 Å². The van der Waals surface area contributed by atoms with Crippen molar-refractivity contribution < 1.29 is 15.0 Å². The molecule has 4 heteroatoms. The zero-order chi connectivity index (χ0) is 11.6. The first-order chi connectivity index (χ1) is 6.93. The first-order valence-corrected chi connectivity index (χ1v) is 5.85. The Morgan fingerprint density at radius 2 is 2.20 bits per heavy atom. The van der Waals surface area contributed by atoms with Gasteiger partial charge in [-0.3, -0.25) is 0 Å². The second kappa shape index (κ2) is 4.33. The van der Waals surface area contributed by atoms with Gasteiger partial charge in [0, 0.05) is 0 Å². The van der Waals surface area contributed by atoms with E-state index in [9.17, 15) is 9.90 Å². The maximum absolute atomic E-state index is 11.0. The van der Waals surface area contributed by atoms with Gasteiger partial charge in [-0.05, 0) is 23.8 Å². The lowest BCUT2D eigenvalue weighted by Crippen LogP contribution is -2.31. The monoisotopic (exact) mass is 228 g/mol. The fraction of sp³-hybridized carbons (Fsp3) is 0.545. The molecule has 0 saturated carbocycles. The molecular weight excluding hydrogens is 212 g/mol. The second-order valence-electron chi connectivity index (χ2n) is 3.90. The fourth-order valence-electron chi connectivity index (χ4n) is 1.64. The van der Waals surface area contributed by atoms with E-state index >= 15 is 0 Å². The third kappa shape index (κ3) is 2.06. The molecule has 84 valence electrons. The molecule has 1 rings (SSSR count). The minimum Gasteiger partial charge on any atom is -0.478 e. The summed E-state index contributed by atoms with van der Waals surface area (Å²) in [6.07, 6.45) is 0.519. The van der Waals surface area contributed by atoms with Crippen LogP contribution in [-0.2, 0) is 5.60 Å². The average molecular weight is 228 g/mol. The van der Waals surface area contributed by atoms with E-state index in [-0.39, 0.29) is 11.5 Å². The van der Waals surface area contributed by atoms with Crippen LogP contribution in [0.4, 0.5) is 0 Å². The summed E-state index contributed by atoms with van der Waals surface area (Å²) in [5.41, 5.74) is -0.805. The van der Waals surface area contributed by atoms with Crippen molar-refractivity contribution in [3.05, 3.63) is 21.9 Å². The van der Waals surface area contributed by atoms with Gasteiger partial charge in [-0.15, -0.1) is 11.3 Å². The third-order valence-electron chi connectivity index (χ3n) is 2.78. The number of thiophene rings is 1. The lowest BCUT2D eigenvalue weighted by molar-refractivity contribution is -0.0116. The third-order valence-corrected chi connectivity index (χ3v) is 3.86. The second-order valence-corrected chi connectivity index (χ2v) is 4.82. The number of aliphatic hydroxyl groups is 1. The fourth-order valence-corrected chi connectivity index (χ4v) is 2.85. The number of carboxylic acid groups (broad SMARTS) is 1. The van der Waals surface area contributed by atoms with E-state index in [0.29, 0.717) is 11.3 Å². The minimum absolute atomic E-state index is 0.000694. The van der Waals surface area contributed by atoms with Gasteiger partial charge in [-0.2, -0.15) is 0 Å². The number of rotatable bonds is 4. The van der Waals surface area contributed by atoms with Crippen molar-refractivity contribution in [3.63, 3.8) is 0 Å². The van der Waals surface area contributed by atoms with Gasteiger partial charge in [0.25, 0.3) is 0 Å². The van der Waals surface area contributed by atoms with Gasteiger partial charge >= 0.3 is 5.97 Å². The van der Waals surface area contributed by atoms with Crippen LogP contribution in [0.15, 0.2) is 11.4 Å². The van der Waals surface area contributed by atoms with Crippen molar-refractivity contribution in [1.29, 1.82) is 0 Å². The van der Waals surface area contributed by atoms with Gasteiger partial charge in [0.1, 0.15) is 5.60 Å². The van der Waals surface area contributed by atoms with Gasteiger partial charge < -0.3 is 10.2 Å². The van der Waals surface area contributed by atoms with Gasteiger partial charge in [0.05, 0.1) is 10.4 Å². The predicted molar refractivity (Wildman–Crippen MR) is 60.3 cm³/mol. The van der Waals surface area contributed by atoms with E-state index < -0.39 is 11.6 Å². The highest BCUT2D eigenvalue weighted by molar-refractivity contribution is 7.10. The maximum atomic E-state index is 11.0. The first-order valence-electron chi connectivity index (χ1n) is 4.97. The van der Waals surface area contributed by atoms with Crippen molar-refractivity contribution in [1.82, 2.24) is 0 Å². The Labute approximate surface area is 93.4 Å². The van der Waals surface area contributed by atoms with E-state index in [1.54, 1.807) is 11.4 Å². The van der Waals surface area contributed by atoms with Crippen LogP contribution in [-0.4, -0.2) is 16.2 Å². The Kier molecular flexibility index (Phi) is 3.52. The van der Waals surface area contributed by atoms with Crippen LogP contribution in [0.3, 0.4) is 0 Å².